The van der Waals surface area contributed by atoms with Crippen LogP contribution in [0, 0.1) is 0 Å². The van der Waals surface area contributed by atoms with E-state index in [0.717, 1.165) is 11.0 Å². The van der Waals surface area contributed by atoms with Gasteiger partial charge in [0.15, 0.2) is 0 Å². The molecule has 0 spiro atoms. The minimum absolute atomic E-state index is 0.132. The van der Waals surface area contributed by atoms with E-state index >= 15 is 0 Å². The van der Waals surface area contributed by atoms with Crippen molar-refractivity contribution in [2.75, 3.05) is 5.32 Å². The summed E-state index contributed by atoms with van der Waals surface area (Å²) in [6, 6.07) is 15.2. The van der Waals surface area contributed by atoms with Gasteiger partial charge >= 0.3 is 12.1 Å². The van der Waals surface area contributed by atoms with Crippen LogP contribution < -0.4 is 5.32 Å². The quantitative estimate of drug-likeness (QED) is 0.346. The van der Waals surface area contributed by atoms with Crippen LogP contribution in [0.15, 0.2) is 72.8 Å². The minimum Gasteiger partial charge on any atom is -0.446 e. The van der Waals surface area contributed by atoms with E-state index in [1.54, 1.807) is 30.3 Å². The number of alkyl halides is 3. The van der Waals surface area contributed by atoms with Gasteiger partial charge in [-0.1, -0.05) is 54.1 Å². The zero-order chi connectivity index (χ0) is 26.9. The molecule has 0 aromatic heterocycles. The molecule has 0 saturated heterocycles. The monoisotopic (exact) mass is 530 g/mol. The van der Waals surface area contributed by atoms with Crippen molar-refractivity contribution >= 4 is 41.0 Å². The molecular weight excluding hydrogens is 513 g/mol. The summed E-state index contributed by atoms with van der Waals surface area (Å²) < 4.78 is 45.1. The van der Waals surface area contributed by atoms with Gasteiger partial charge in [-0.3, -0.25) is 19.3 Å². The van der Waals surface area contributed by atoms with E-state index in [0.29, 0.717) is 6.07 Å². The molecule has 190 valence electrons. The Hall–Kier alpha value is -4.18. The van der Waals surface area contributed by atoms with E-state index < -0.39 is 52.6 Å². The summed E-state index contributed by atoms with van der Waals surface area (Å²) >= 11 is 5.64. The first kappa shape index (κ1) is 25.9. The van der Waals surface area contributed by atoms with Gasteiger partial charge in [0.05, 0.1) is 21.7 Å². The number of rotatable bonds is 6. The molecule has 0 bridgehead atoms. The first-order chi connectivity index (χ1) is 17.5. The van der Waals surface area contributed by atoms with Crippen molar-refractivity contribution in [3.8, 4) is 0 Å². The molecule has 2 atom stereocenters. The van der Waals surface area contributed by atoms with Crippen LogP contribution in [0.25, 0.3) is 0 Å². The average Bonchev–Trinajstić information content (AvgIpc) is 3.12. The molecule has 1 aliphatic rings. The Bertz CT molecular complexity index is 1360. The fraction of sp³-hybridized carbons (Fsp3) is 0.154. The van der Waals surface area contributed by atoms with Crippen molar-refractivity contribution in [2.24, 2.45) is 0 Å². The molecule has 1 N–H and O–H groups in total. The summed E-state index contributed by atoms with van der Waals surface area (Å²) in [5, 5.41) is 1.75. The number of anilines is 1. The molecular formula is C26H18ClF3N2O5. The highest BCUT2D eigenvalue weighted by atomic mass is 35.5. The van der Waals surface area contributed by atoms with Crippen LogP contribution in [0.3, 0.4) is 0 Å². The molecule has 0 radical (unpaired) electrons. The number of hydrogen-bond acceptors (Lipinski definition) is 5. The summed E-state index contributed by atoms with van der Waals surface area (Å²) in [6.45, 7) is 1.28. The van der Waals surface area contributed by atoms with Crippen molar-refractivity contribution in [1.82, 2.24) is 4.90 Å². The van der Waals surface area contributed by atoms with Crippen LogP contribution in [0.1, 0.15) is 44.9 Å². The molecule has 11 heteroatoms. The van der Waals surface area contributed by atoms with E-state index in [-0.39, 0.29) is 22.4 Å². The molecule has 1 aliphatic heterocycles. The molecule has 0 fully saturated rings. The number of carbonyl (C=O) groups excluding carboxylic acids is 4. The number of carbonyl (C=O) groups is 4. The van der Waals surface area contributed by atoms with Crippen LogP contribution in [-0.2, 0) is 20.5 Å². The molecule has 4 rings (SSSR count). The van der Waals surface area contributed by atoms with Crippen LogP contribution >= 0.6 is 11.6 Å². The summed E-state index contributed by atoms with van der Waals surface area (Å²) in [4.78, 5) is 52.3. The molecule has 3 aromatic carbocycles. The van der Waals surface area contributed by atoms with Crippen LogP contribution in [0.5, 0.6) is 0 Å². The van der Waals surface area contributed by atoms with Crippen LogP contribution in [-0.4, -0.2) is 34.6 Å². The Labute approximate surface area is 213 Å². The second-order valence-corrected chi connectivity index (χ2v) is 8.52. The first-order valence-electron chi connectivity index (χ1n) is 10.9. The third-order valence-corrected chi connectivity index (χ3v) is 6.00. The second-order valence-electron chi connectivity index (χ2n) is 8.11. The lowest BCUT2D eigenvalue weighted by molar-refractivity contribution is -0.158. The number of nitrogens with one attached hydrogen (secondary N) is 1. The number of halogens is 4. The van der Waals surface area contributed by atoms with Crippen molar-refractivity contribution in [1.29, 1.82) is 0 Å². The summed E-state index contributed by atoms with van der Waals surface area (Å²) in [7, 11) is 0. The number of hydrogen-bond donors (Lipinski definition) is 1. The molecule has 2 unspecified atom stereocenters. The second kappa shape index (κ2) is 10.1. The van der Waals surface area contributed by atoms with E-state index in [1.807, 2.05) is 0 Å². The van der Waals surface area contributed by atoms with Gasteiger partial charge in [0, 0.05) is 11.3 Å². The predicted molar refractivity (Wildman–Crippen MR) is 127 cm³/mol. The van der Waals surface area contributed by atoms with Gasteiger partial charge in [0.1, 0.15) is 6.04 Å². The standard InChI is InChI=1S/C26H18ClF3N2O5/c1-14(32-23(34)17-9-5-6-10-18(17)24(32)35)25(36)37-21(15-7-3-2-4-8-15)22(33)31-16-11-12-20(27)19(13-16)26(28,29)30/h2-14,21H,1H3,(H,31,33). The minimum atomic E-state index is -4.76. The van der Waals surface area contributed by atoms with Gasteiger partial charge in [0.25, 0.3) is 17.7 Å². The third-order valence-electron chi connectivity index (χ3n) is 5.67. The topological polar surface area (TPSA) is 92.8 Å². The molecule has 1 heterocycles. The van der Waals surface area contributed by atoms with Gasteiger partial charge in [-0.15, -0.1) is 0 Å². The molecule has 3 amide bonds. The lowest BCUT2D eigenvalue weighted by Crippen LogP contribution is -2.44. The van der Waals surface area contributed by atoms with Gasteiger partial charge < -0.3 is 10.1 Å². The van der Waals surface area contributed by atoms with Crippen LogP contribution in [0.2, 0.25) is 5.02 Å². The smallest absolute Gasteiger partial charge is 0.417 e. The lowest BCUT2D eigenvalue weighted by atomic mass is 10.1. The number of amides is 3. The average molecular weight is 531 g/mol. The van der Waals surface area contributed by atoms with Crippen LogP contribution in [0.4, 0.5) is 18.9 Å². The first-order valence-corrected chi connectivity index (χ1v) is 11.3. The van der Waals surface area contributed by atoms with E-state index in [4.69, 9.17) is 16.3 Å². The fourth-order valence-electron chi connectivity index (χ4n) is 3.81. The van der Waals surface area contributed by atoms with Crippen molar-refractivity contribution in [2.45, 2.75) is 25.2 Å². The summed E-state index contributed by atoms with van der Waals surface area (Å²) in [6.07, 6.45) is -6.36. The number of ether oxygens (including phenoxy) is 1. The Morgan fingerprint density at radius 2 is 1.49 bits per heavy atom. The molecule has 37 heavy (non-hydrogen) atoms. The van der Waals surface area contributed by atoms with E-state index in [2.05, 4.69) is 5.32 Å². The fourth-order valence-corrected chi connectivity index (χ4v) is 4.03. The maximum absolute atomic E-state index is 13.2. The van der Waals surface area contributed by atoms with E-state index in [9.17, 15) is 32.3 Å². The van der Waals surface area contributed by atoms with E-state index in [1.165, 1.54) is 37.3 Å². The largest absolute Gasteiger partial charge is 0.446 e. The highest BCUT2D eigenvalue weighted by Gasteiger charge is 2.42. The number of benzene rings is 3. The molecule has 3 aromatic rings. The lowest BCUT2D eigenvalue weighted by Gasteiger charge is -2.24. The van der Waals surface area contributed by atoms with Crippen molar-refractivity contribution in [3.05, 3.63) is 100 Å². The predicted octanol–water partition coefficient (Wildman–Crippen LogP) is 5.27. The Kier molecular flexibility index (Phi) is 7.04. The Morgan fingerprint density at radius 3 is 2.05 bits per heavy atom. The van der Waals surface area contributed by atoms with Crippen molar-refractivity contribution < 1.29 is 37.1 Å². The summed E-state index contributed by atoms with van der Waals surface area (Å²) in [5.41, 5.74) is -0.903. The molecule has 0 saturated carbocycles. The highest BCUT2D eigenvalue weighted by Crippen LogP contribution is 2.36. The normalized spacial score (nSPS) is 14.7. The number of esters is 1. The van der Waals surface area contributed by atoms with Gasteiger partial charge in [-0.25, -0.2) is 4.79 Å². The maximum Gasteiger partial charge on any atom is 0.417 e. The molecule has 0 aliphatic carbocycles. The van der Waals surface area contributed by atoms with Gasteiger partial charge in [0.2, 0.25) is 6.10 Å². The zero-order valence-electron chi connectivity index (χ0n) is 19.1. The molecule has 7 nitrogen and oxygen atoms in total. The van der Waals surface area contributed by atoms with Crippen molar-refractivity contribution in [3.63, 3.8) is 0 Å². The van der Waals surface area contributed by atoms with Gasteiger partial charge in [-0.2, -0.15) is 13.2 Å². The SMILES string of the molecule is CC(C(=O)OC(C(=O)Nc1ccc(Cl)c(C(F)(F)F)c1)c1ccccc1)N1C(=O)c2ccccc2C1=O. The zero-order valence-corrected chi connectivity index (χ0v) is 19.8. The van der Waals surface area contributed by atoms with Gasteiger partial charge in [-0.05, 0) is 37.3 Å². The highest BCUT2D eigenvalue weighted by molar-refractivity contribution is 6.31. The Morgan fingerprint density at radius 1 is 0.919 bits per heavy atom. The number of nitrogens with zero attached hydrogens (tertiary/aromatic N) is 1. The number of imide groups is 1. The third kappa shape index (κ3) is 5.19. The summed E-state index contributed by atoms with van der Waals surface area (Å²) in [5.74, 6) is -3.40. The number of fused-ring (bicyclic) bond motifs is 1. The maximum atomic E-state index is 13.2. The Balaban J connectivity index is 1.58.